The molecule has 0 aromatic carbocycles. The van der Waals surface area contributed by atoms with E-state index in [4.69, 9.17) is 10.5 Å². The van der Waals surface area contributed by atoms with Gasteiger partial charge in [0.2, 0.25) is 5.91 Å². The van der Waals surface area contributed by atoms with Crippen LogP contribution in [0.25, 0.3) is 0 Å². The Hall–Kier alpha value is -0.610. The van der Waals surface area contributed by atoms with Crippen LogP contribution in [-0.2, 0) is 9.53 Å². The van der Waals surface area contributed by atoms with Gasteiger partial charge in [0.05, 0.1) is 11.6 Å². The molecule has 13 heavy (non-hydrogen) atoms. The molecule has 1 rings (SSSR count). The van der Waals surface area contributed by atoms with Crippen LogP contribution in [0.15, 0.2) is 0 Å². The number of nitrogens with two attached hydrogens (primary N) is 1. The van der Waals surface area contributed by atoms with Gasteiger partial charge in [-0.15, -0.1) is 0 Å². The molecular weight excluding hydrogens is 168 g/mol. The first-order valence-electron chi connectivity index (χ1n) is 4.56. The quantitative estimate of drug-likeness (QED) is 0.653. The summed E-state index contributed by atoms with van der Waals surface area (Å²) in [6, 6.07) is 0.250. The molecule has 3 N–H and O–H groups in total. The van der Waals surface area contributed by atoms with Gasteiger partial charge in [-0.25, -0.2) is 0 Å². The fraction of sp³-hybridized carbons (Fsp3) is 0.889. The first kappa shape index (κ1) is 10.5. The maximum atomic E-state index is 11.4. The highest BCUT2D eigenvalue weighted by atomic mass is 16.5. The van der Waals surface area contributed by atoms with Crippen molar-refractivity contribution in [3.63, 3.8) is 0 Å². The molecule has 0 aromatic heterocycles. The van der Waals surface area contributed by atoms with Crippen molar-refractivity contribution < 1.29 is 9.53 Å². The van der Waals surface area contributed by atoms with Gasteiger partial charge in [-0.1, -0.05) is 0 Å². The van der Waals surface area contributed by atoms with Gasteiger partial charge in [0.1, 0.15) is 0 Å². The maximum absolute atomic E-state index is 11.4. The first-order valence-corrected chi connectivity index (χ1v) is 4.56. The van der Waals surface area contributed by atoms with Crippen molar-refractivity contribution >= 4 is 5.91 Å². The van der Waals surface area contributed by atoms with Gasteiger partial charge >= 0.3 is 0 Å². The molecule has 0 saturated heterocycles. The lowest BCUT2D eigenvalue weighted by atomic mass is 9.88. The van der Waals surface area contributed by atoms with E-state index in [1.54, 1.807) is 21.0 Å². The molecule has 0 spiro atoms. The second kappa shape index (κ2) is 3.64. The molecule has 0 radical (unpaired) electrons. The molecule has 0 heterocycles. The molecule has 0 aliphatic heterocycles. The summed E-state index contributed by atoms with van der Waals surface area (Å²) in [4.78, 5) is 11.4. The predicted octanol–water partition coefficient (Wildman–Crippen LogP) is 0.0173. The van der Waals surface area contributed by atoms with Gasteiger partial charge in [0.25, 0.3) is 0 Å². The van der Waals surface area contributed by atoms with E-state index in [2.05, 4.69) is 5.32 Å². The molecule has 0 bridgehead atoms. The van der Waals surface area contributed by atoms with Gasteiger partial charge in [0, 0.05) is 13.2 Å². The largest absolute Gasteiger partial charge is 0.381 e. The van der Waals surface area contributed by atoms with Crippen molar-refractivity contribution in [2.45, 2.75) is 44.4 Å². The van der Waals surface area contributed by atoms with E-state index >= 15 is 0 Å². The van der Waals surface area contributed by atoms with Gasteiger partial charge in [-0.05, 0) is 26.7 Å². The molecule has 1 amide bonds. The van der Waals surface area contributed by atoms with E-state index in [1.807, 2.05) is 0 Å². The van der Waals surface area contributed by atoms with Crippen LogP contribution in [0.2, 0.25) is 0 Å². The van der Waals surface area contributed by atoms with Crippen molar-refractivity contribution in [1.29, 1.82) is 0 Å². The molecule has 0 atom stereocenters. The van der Waals surface area contributed by atoms with Crippen molar-refractivity contribution in [1.82, 2.24) is 5.32 Å². The number of carbonyl (C=O) groups excluding carboxylic acids is 1. The molecule has 0 aromatic rings. The zero-order valence-corrected chi connectivity index (χ0v) is 8.46. The van der Waals surface area contributed by atoms with Crippen LogP contribution < -0.4 is 11.1 Å². The van der Waals surface area contributed by atoms with Gasteiger partial charge in [-0.2, -0.15) is 0 Å². The number of rotatable bonds is 3. The maximum Gasteiger partial charge on any atom is 0.239 e. The highest BCUT2D eigenvalue weighted by molar-refractivity contribution is 5.85. The monoisotopic (exact) mass is 186 g/mol. The van der Waals surface area contributed by atoms with Crippen molar-refractivity contribution in [2.24, 2.45) is 5.73 Å². The van der Waals surface area contributed by atoms with Crippen molar-refractivity contribution in [3.05, 3.63) is 0 Å². The minimum Gasteiger partial charge on any atom is -0.381 e. The fourth-order valence-corrected chi connectivity index (χ4v) is 1.25. The average Bonchev–Trinajstić information content (AvgIpc) is 1.93. The molecule has 1 saturated carbocycles. The molecule has 4 nitrogen and oxygen atoms in total. The fourth-order valence-electron chi connectivity index (χ4n) is 1.25. The number of carbonyl (C=O) groups is 1. The molecule has 4 heteroatoms. The Labute approximate surface area is 78.8 Å². The third-order valence-electron chi connectivity index (χ3n) is 2.35. The molecule has 76 valence electrons. The summed E-state index contributed by atoms with van der Waals surface area (Å²) < 4.78 is 5.10. The number of nitrogens with one attached hydrogen (secondary N) is 1. The zero-order valence-electron chi connectivity index (χ0n) is 8.46. The van der Waals surface area contributed by atoms with Crippen molar-refractivity contribution in [3.8, 4) is 0 Å². The minimum absolute atomic E-state index is 0.0907. The van der Waals surface area contributed by atoms with Crippen LogP contribution in [-0.4, -0.2) is 30.7 Å². The average molecular weight is 186 g/mol. The molecule has 1 fully saturated rings. The minimum atomic E-state index is -0.780. The topological polar surface area (TPSA) is 64.3 Å². The third-order valence-corrected chi connectivity index (χ3v) is 2.35. The highest BCUT2D eigenvalue weighted by Crippen LogP contribution is 2.22. The third kappa shape index (κ3) is 2.67. The summed E-state index contributed by atoms with van der Waals surface area (Å²) in [5, 5.41) is 2.88. The van der Waals surface area contributed by atoms with Crippen LogP contribution in [0.5, 0.6) is 0 Å². The van der Waals surface area contributed by atoms with E-state index in [0.29, 0.717) is 6.10 Å². The predicted molar refractivity (Wildman–Crippen MR) is 50.2 cm³/mol. The zero-order chi connectivity index (χ0) is 10.1. The van der Waals surface area contributed by atoms with E-state index in [-0.39, 0.29) is 11.9 Å². The first-order chi connectivity index (χ1) is 5.93. The summed E-state index contributed by atoms with van der Waals surface area (Å²) in [7, 11) is 1.69. The van der Waals surface area contributed by atoms with E-state index in [1.165, 1.54) is 0 Å². The van der Waals surface area contributed by atoms with Crippen LogP contribution in [0.4, 0.5) is 0 Å². The Morgan fingerprint density at radius 3 is 2.46 bits per heavy atom. The summed E-state index contributed by atoms with van der Waals surface area (Å²) in [6.07, 6.45) is 2.11. The van der Waals surface area contributed by atoms with Crippen molar-refractivity contribution in [2.75, 3.05) is 7.11 Å². The van der Waals surface area contributed by atoms with Gasteiger partial charge < -0.3 is 15.8 Å². The lowest BCUT2D eigenvalue weighted by molar-refractivity contribution is -0.127. The Kier molecular flexibility index (Phi) is 2.93. The Morgan fingerprint density at radius 2 is 2.08 bits per heavy atom. The Morgan fingerprint density at radius 1 is 1.54 bits per heavy atom. The van der Waals surface area contributed by atoms with Crippen LogP contribution in [0, 0.1) is 0 Å². The second-order valence-corrected chi connectivity index (χ2v) is 4.22. The molecule has 0 unspecified atom stereocenters. The summed E-state index contributed by atoms with van der Waals surface area (Å²) >= 11 is 0. The molecule has 1 aliphatic rings. The van der Waals surface area contributed by atoms with E-state index < -0.39 is 5.54 Å². The van der Waals surface area contributed by atoms with Crippen LogP contribution >= 0.6 is 0 Å². The number of hydrogen-bond acceptors (Lipinski definition) is 3. The molecular formula is C9H18N2O2. The normalized spacial score (nSPS) is 28.0. The summed E-state index contributed by atoms with van der Waals surface area (Å²) in [5.74, 6) is -0.0907. The van der Waals surface area contributed by atoms with E-state index in [0.717, 1.165) is 12.8 Å². The number of ether oxygens (including phenoxy) is 1. The second-order valence-electron chi connectivity index (χ2n) is 4.22. The lowest BCUT2D eigenvalue weighted by Crippen LogP contribution is -2.56. The number of hydrogen-bond donors (Lipinski definition) is 2. The highest BCUT2D eigenvalue weighted by Gasteiger charge is 2.33. The lowest BCUT2D eigenvalue weighted by Gasteiger charge is -2.36. The Bertz CT molecular complexity index is 192. The SMILES string of the molecule is COC1CC(NC(=O)C(C)(C)N)C1. The van der Waals surface area contributed by atoms with Gasteiger partial charge in [-0.3, -0.25) is 4.79 Å². The Balaban J connectivity index is 2.25. The van der Waals surface area contributed by atoms with E-state index in [9.17, 15) is 4.79 Å². The van der Waals surface area contributed by atoms with Crippen LogP contribution in [0.1, 0.15) is 26.7 Å². The summed E-state index contributed by atoms with van der Waals surface area (Å²) in [6.45, 7) is 3.41. The van der Waals surface area contributed by atoms with Gasteiger partial charge in [0.15, 0.2) is 0 Å². The molecule has 1 aliphatic carbocycles. The number of methoxy groups -OCH3 is 1. The smallest absolute Gasteiger partial charge is 0.239 e. The summed E-state index contributed by atoms with van der Waals surface area (Å²) in [5.41, 5.74) is 4.85. The standard InChI is InChI=1S/C9H18N2O2/c1-9(2,10)8(12)11-6-4-7(5-6)13-3/h6-7H,4-5,10H2,1-3H3,(H,11,12). The number of amides is 1. The van der Waals surface area contributed by atoms with Crippen LogP contribution in [0.3, 0.4) is 0 Å².